The number of ketones is 2. The number of nitrogens with zero attached hydrogens (tertiary/aromatic N) is 2. The van der Waals surface area contributed by atoms with Crippen molar-refractivity contribution in [1.82, 2.24) is 4.90 Å². The number of primary amides is 1. The van der Waals surface area contributed by atoms with Crippen molar-refractivity contribution >= 4 is 28.9 Å². The smallest absolute Gasteiger partial charge is 0.255 e. The van der Waals surface area contributed by atoms with Gasteiger partial charge in [-0.1, -0.05) is 24.0 Å². The van der Waals surface area contributed by atoms with Crippen LogP contribution >= 0.6 is 0 Å². The Morgan fingerprint density at radius 1 is 1.13 bits per heavy atom. The molecule has 4 atom stereocenters. The number of hydrogen-bond acceptors (Lipinski definition) is 11. The lowest BCUT2D eigenvalue weighted by molar-refractivity contribution is -0.246. The Morgan fingerprint density at radius 3 is 2.44 bits per heavy atom. The van der Waals surface area contributed by atoms with E-state index in [1.54, 1.807) is 18.2 Å². The van der Waals surface area contributed by atoms with Crippen LogP contribution in [0.3, 0.4) is 0 Å². The van der Waals surface area contributed by atoms with E-state index >= 15 is 0 Å². The van der Waals surface area contributed by atoms with Crippen LogP contribution in [0.25, 0.3) is 16.9 Å². The van der Waals surface area contributed by atoms with Crippen LogP contribution in [0, 0.1) is 11.8 Å². The summed E-state index contributed by atoms with van der Waals surface area (Å²) in [6, 6.07) is 7.76. The Bertz CT molecular complexity index is 1510. The van der Waals surface area contributed by atoms with E-state index in [0.29, 0.717) is 16.7 Å². The topological polar surface area (TPSA) is 208 Å². The number of aliphatic hydroxyl groups excluding tert-OH is 1. The minimum Gasteiger partial charge on any atom is -0.872 e. The number of phenolic OH excluding ortho intramolecular Hbond substituents is 1. The van der Waals surface area contributed by atoms with Crippen molar-refractivity contribution in [3.63, 3.8) is 0 Å². The molecule has 0 aromatic heterocycles. The Kier molecular flexibility index (Phi) is 6.03. The largest absolute Gasteiger partial charge is 0.872 e. The molecule has 204 valence electrons. The first-order valence-electron chi connectivity index (χ1n) is 12.1. The van der Waals surface area contributed by atoms with Gasteiger partial charge in [-0.3, -0.25) is 29.7 Å². The molecule has 0 radical (unpaired) electrons. The second-order valence-corrected chi connectivity index (χ2v) is 10.3. The summed E-state index contributed by atoms with van der Waals surface area (Å²) in [7, 11) is 3.04. The van der Waals surface area contributed by atoms with Gasteiger partial charge in [-0.2, -0.15) is 0 Å². The van der Waals surface area contributed by atoms with Gasteiger partial charge in [-0.05, 0) is 73.3 Å². The molecule has 0 spiro atoms. The van der Waals surface area contributed by atoms with Crippen LogP contribution in [0.5, 0.6) is 5.75 Å². The van der Waals surface area contributed by atoms with Crippen molar-refractivity contribution in [2.45, 2.75) is 24.5 Å². The van der Waals surface area contributed by atoms with E-state index in [1.165, 1.54) is 37.2 Å². The van der Waals surface area contributed by atoms with E-state index in [1.807, 2.05) is 0 Å². The van der Waals surface area contributed by atoms with Gasteiger partial charge < -0.3 is 26.2 Å². The van der Waals surface area contributed by atoms with E-state index < -0.39 is 63.8 Å². The number of fused-ring (bicyclic) bond motifs is 3. The van der Waals surface area contributed by atoms with Gasteiger partial charge in [0.1, 0.15) is 17.1 Å². The van der Waals surface area contributed by atoms with Crippen molar-refractivity contribution in [3.8, 4) is 16.9 Å². The number of phenols is 1. The van der Waals surface area contributed by atoms with Gasteiger partial charge in [-0.15, -0.1) is 5.23 Å². The van der Waals surface area contributed by atoms with Crippen LogP contribution in [0.2, 0.25) is 0 Å². The van der Waals surface area contributed by atoms with Gasteiger partial charge >= 0.3 is 0 Å². The first-order valence-corrected chi connectivity index (χ1v) is 12.1. The number of Topliss-reactive ketones (excluding diaryl/α,β-unsaturated/α-hetero) is 2. The monoisotopic (exact) mass is 536 g/mol. The number of anilines is 1. The Hall–Kier alpha value is -4.23. The number of aromatic hydroxyl groups is 1. The quantitative estimate of drug-likeness (QED) is 0.227. The molecule has 0 saturated heterocycles. The highest BCUT2D eigenvalue weighted by molar-refractivity contribution is 6.24. The molecule has 1 saturated carbocycles. The first kappa shape index (κ1) is 26.4. The molecule has 12 nitrogen and oxygen atoms in total. The summed E-state index contributed by atoms with van der Waals surface area (Å²) < 4.78 is 0. The molecule has 2 aromatic rings. The maximum atomic E-state index is 13.8. The summed E-state index contributed by atoms with van der Waals surface area (Å²) >= 11 is 0. The minimum atomic E-state index is -2.75. The average Bonchev–Trinajstić information content (AvgIpc) is 2.86. The van der Waals surface area contributed by atoms with Crippen LogP contribution in [0.4, 0.5) is 5.69 Å². The number of aliphatic hydroxyl groups is 2. The minimum absolute atomic E-state index is 0.0451. The molecule has 0 aliphatic heterocycles. The Morgan fingerprint density at radius 2 is 1.82 bits per heavy atom. The standard InChI is InChI=1S/C27H27N3O9/c1-29(2)21-16-10-12-9-15-14(11-4-3-5-13(8-11)30(38)39)6-7-17(31)19(15)22(32)18(12)24(34)27(16,37)25(35)20(23(21)33)26(28)36/h3-8,12,16,21,31-32,35,37-39H,9-10H2,1-2H3,(H2,28,36)/p-1/t12-,16-,21-,27-/m0/s1. The normalized spacial score (nSPS) is 26.4. The number of rotatable bonds is 4. The lowest BCUT2D eigenvalue weighted by Gasteiger charge is -2.51. The van der Waals surface area contributed by atoms with Gasteiger partial charge in [0.05, 0.1) is 11.7 Å². The van der Waals surface area contributed by atoms with Gasteiger partial charge in [0.2, 0.25) is 0 Å². The molecule has 0 unspecified atom stereocenters. The maximum Gasteiger partial charge on any atom is 0.255 e. The summed E-state index contributed by atoms with van der Waals surface area (Å²) in [5.74, 6) is -7.75. The molecule has 0 heterocycles. The molecular weight excluding hydrogens is 510 g/mol. The zero-order chi connectivity index (χ0) is 28.5. The SMILES string of the molecule is CN(C)[C@@H]1C(=O)C(C(N)=O)=C(O)[C@@]2(O)C(=O)C3=C([O-])c4c(O)ccc(-c5cccc(N(O)O)c5)c4C[C@H]3C[C@@H]12. The maximum absolute atomic E-state index is 13.8. The highest BCUT2D eigenvalue weighted by atomic mass is 16.8. The number of carbonyl (C=O) groups excluding carboxylic acids is 3. The van der Waals surface area contributed by atoms with E-state index in [9.17, 15) is 45.2 Å². The molecule has 39 heavy (non-hydrogen) atoms. The van der Waals surface area contributed by atoms with Crippen LogP contribution in [-0.2, 0) is 20.8 Å². The number of nitrogens with two attached hydrogens (primary N) is 1. The van der Waals surface area contributed by atoms with Crippen molar-refractivity contribution in [3.05, 3.63) is 64.4 Å². The van der Waals surface area contributed by atoms with Gasteiger partial charge in [-0.25, -0.2) is 0 Å². The lowest BCUT2D eigenvalue weighted by atomic mass is 9.57. The van der Waals surface area contributed by atoms with E-state index in [0.717, 1.165) is 0 Å². The number of amides is 1. The molecule has 1 fully saturated rings. The van der Waals surface area contributed by atoms with Gasteiger partial charge in [0, 0.05) is 11.5 Å². The van der Waals surface area contributed by atoms with Crippen LogP contribution in [0.1, 0.15) is 17.5 Å². The van der Waals surface area contributed by atoms with E-state index in [4.69, 9.17) is 5.73 Å². The summed E-state index contributed by atoms with van der Waals surface area (Å²) in [6.45, 7) is 0. The van der Waals surface area contributed by atoms with Crippen LogP contribution < -0.4 is 16.1 Å². The first-order chi connectivity index (χ1) is 18.3. The van der Waals surface area contributed by atoms with Crippen LogP contribution in [0.15, 0.2) is 53.3 Å². The molecule has 3 aliphatic carbocycles. The Balaban J connectivity index is 1.73. The molecule has 0 bridgehead atoms. The van der Waals surface area contributed by atoms with Crippen molar-refractivity contribution in [2.24, 2.45) is 17.6 Å². The second kappa shape index (κ2) is 8.92. The third-order valence-electron chi connectivity index (χ3n) is 7.97. The fourth-order valence-electron chi connectivity index (χ4n) is 6.29. The molecule has 2 aromatic carbocycles. The highest BCUT2D eigenvalue weighted by Crippen LogP contribution is 2.53. The van der Waals surface area contributed by atoms with Gasteiger partial charge in [0.15, 0.2) is 17.2 Å². The zero-order valence-electron chi connectivity index (χ0n) is 21.0. The van der Waals surface area contributed by atoms with Crippen LogP contribution in [-0.4, -0.2) is 73.8 Å². The fourth-order valence-corrected chi connectivity index (χ4v) is 6.29. The summed E-state index contributed by atoms with van der Waals surface area (Å²) in [4.78, 5) is 40.5. The number of benzene rings is 2. The number of carbonyl (C=O) groups is 3. The molecule has 3 aliphatic rings. The fraction of sp³-hybridized carbons (Fsp3) is 0.296. The van der Waals surface area contributed by atoms with E-state index in [2.05, 4.69) is 0 Å². The molecular formula is C27H26N3O9-. The second-order valence-electron chi connectivity index (χ2n) is 10.3. The van der Waals surface area contributed by atoms with Crippen molar-refractivity contribution in [1.29, 1.82) is 0 Å². The Labute approximate surface area is 222 Å². The zero-order valence-corrected chi connectivity index (χ0v) is 21.0. The average molecular weight is 537 g/mol. The summed E-state index contributed by atoms with van der Waals surface area (Å²) in [5.41, 5.74) is 2.58. The molecule has 7 N–H and O–H groups in total. The third-order valence-corrected chi connectivity index (χ3v) is 7.97. The highest BCUT2D eigenvalue weighted by Gasteiger charge is 2.63. The predicted octanol–water partition coefficient (Wildman–Crippen LogP) is 0.0181. The third kappa shape index (κ3) is 3.64. The van der Waals surface area contributed by atoms with Crippen molar-refractivity contribution in [2.75, 3.05) is 19.3 Å². The van der Waals surface area contributed by atoms with Gasteiger partial charge in [0.25, 0.3) is 5.91 Å². The predicted molar refractivity (Wildman–Crippen MR) is 133 cm³/mol. The van der Waals surface area contributed by atoms with E-state index in [-0.39, 0.29) is 34.9 Å². The number of likely N-dealkylation sites (N-methyl/N-ethyl adjacent to an activating group) is 1. The summed E-state index contributed by atoms with van der Waals surface area (Å²) in [5, 5.41) is 65.8. The molecule has 5 rings (SSSR count). The lowest BCUT2D eigenvalue weighted by Crippen LogP contribution is -2.65. The number of hydrogen-bond donors (Lipinski definition) is 6. The molecule has 12 heteroatoms. The summed E-state index contributed by atoms with van der Waals surface area (Å²) in [6.07, 6.45) is -0.0181. The molecule has 1 amide bonds. The van der Waals surface area contributed by atoms with Crippen molar-refractivity contribution < 1.29 is 45.2 Å².